The van der Waals surface area contributed by atoms with Crippen LogP contribution >= 0.6 is 0 Å². The van der Waals surface area contributed by atoms with Gasteiger partial charge in [-0.3, -0.25) is 10.1 Å². The molecule has 1 radical (unpaired) electrons. The highest BCUT2D eigenvalue weighted by Gasteiger charge is 2.15. The van der Waals surface area contributed by atoms with Crippen LogP contribution in [0.15, 0.2) is 24.4 Å². The summed E-state index contributed by atoms with van der Waals surface area (Å²) in [6.07, 6.45) is 5.25. The number of rotatable bonds is 1. The van der Waals surface area contributed by atoms with Gasteiger partial charge in [0.1, 0.15) is 0 Å². The van der Waals surface area contributed by atoms with Crippen molar-refractivity contribution in [3.05, 3.63) is 34.5 Å². The minimum absolute atomic E-state index is 0.444. The molecule has 0 aromatic rings. The second-order valence-corrected chi connectivity index (χ2v) is 1.57. The Morgan fingerprint density at radius 3 is 2.67 bits per heavy atom. The van der Waals surface area contributed by atoms with E-state index in [1.165, 1.54) is 12.3 Å². The molecule has 0 amide bonds. The first-order valence-corrected chi connectivity index (χ1v) is 2.47. The first-order chi connectivity index (χ1) is 4.30. The van der Waals surface area contributed by atoms with E-state index < -0.39 is 11.1 Å². The lowest BCUT2D eigenvalue weighted by atomic mass is 10.3. The van der Waals surface area contributed by atoms with E-state index in [0.29, 0.717) is 0 Å². The van der Waals surface area contributed by atoms with Gasteiger partial charge in [-0.2, -0.15) is 0 Å². The van der Waals surface area contributed by atoms with Gasteiger partial charge in [-0.15, -0.1) is 0 Å². The summed E-state index contributed by atoms with van der Waals surface area (Å²) in [4.78, 5) is 9.54. The summed E-state index contributed by atoms with van der Waals surface area (Å²) < 4.78 is 0. The van der Waals surface area contributed by atoms with Gasteiger partial charge >= 0.3 is 6.17 Å². The largest absolute Gasteiger partial charge is 0.323 e. The third-order valence-electron chi connectivity index (χ3n) is 0.935. The van der Waals surface area contributed by atoms with Gasteiger partial charge in [0.05, 0.1) is 4.92 Å². The molecular weight excluding hydrogens is 120 g/mol. The highest BCUT2D eigenvalue weighted by Crippen LogP contribution is 1.95. The Morgan fingerprint density at radius 1 is 1.56 bits per heavy atom. The van der Waals surface area contributed by atoms with Crippen LogP contribution in [0.3, 0.4) is 0 Å². The maximum atomic E-state index is 9.98. The third-order valence-corrected chi connectivity index (χ3v) is 0.935. The minimum Gasteiger partial charge on any atom is -0.262 e. The van der Waals surface area contributed by atoms with Crippen LogP contribution in [0, 0.1) is 10.1 Å². The lowest BCUT2D eigenvalue weighted by Crippen LogP contribution is -2.26. The van der Waals surface area contributed by atoms with Crippen molar-refractivity contribution in [2.75, 3.05) is 0 Å². The monoisotopic (exact) mass is 125 g/mol. The molecule has 0 aromatic heterocycles. The molecule has 0 N–H and O–H groups in total. The van der Waals surface area contributed by atoms with Crippen molar-refractivity contribution in [3.63, 3.8) is 0 Å². The highest BCUT2D eigenvalue weighted by molar-refractivity contribution is 5.08. The lowest BCUT2D eigenvalue weighted by molar-refractivity contribution is -0.515. The molecule has 0 fully saturated rings. The number of nitrogens with zero attached hydrogens (tertiary/aromatic N) is 2. The SMILES string of the molecule is O=[N+]([O-])C1C=CC=C[N]1. The molecule has 1 aliphatic heterocycles. The minimum atomic E-state index is -0.866. The summed E-state index contributed by atoms with van der Waals surface area (Å²) in [6.45, 7) is 0. The summed E-state index contributed by atoms with van der Waals surface area (Å²) in [5.74, 6) is 0. The van der Waals surface area contributed by atoms with Crippen LogP contribution in [-0.2, 0) is 0 Å². The molecule has 4 heteroatoms. The maximum absolute atomic E-state index is 9.98. The van der Waals surface area contributed by atoms with Crippen LogP contribution in [0.5, 0.6) is 0 Å². The van der Waals surface area contributed by atoms with Crippen LogP contribution in [0.25, 0.3) is 0 Å². The Labute approximate surface area is 52.0 Å². The summed E-state index contributed by atoms with van der Waals surface area (Å²) in [6, 6.07) is 0. The van der Waals surface area contributed by atoms with E-state index in [-0.39, 0.29) is 0 Å². The van der Waals surface area contributed by atoms with E-state index in [1.807, 2.05) is 0 Å². The lowest BCUT2D eigenvalue weighted by Gasteiger charge is -2.02. The summed E-state index contributed by atoms with van der Waals surface area (Å²) >= 11 is 0. The van der Waals surface area contributed by atoms with Crippen molar-refractivity contribution >= 4 is 0 Å². The summed E-state index contributed by atoms with van der Waals surface area (Å²) in [7, 11) is 0. The molecule has 0 aromatic carbocycles. The first kappa shape index (κ1) is 5.81. The fraction of sp³-hybridized carbons (Fsp3) is 0.200. The predicted octanol–water partition coefficient (Wildman–Crippen LogP) is 0.277. The van der Waals surface area contributed by atoms with Crippen LogP contribution in [0.2, 0.25) is 0 Å². The van der Waals surface area contributed by atoms with Gasteiger partial charge in [0.2, 0.25) is 0 Å². The molecule has 0 saturated heterocycles. The Morgan fingerprint density at radius 2 is 2.33 bits per heavy atom. The average Bonchev–Trinajstić information content (AvgIpc) is 1.90. The van der Waals surface area contributed by atoms with Crippen molar-refractivity contribution in [2.45, 2.75) is 6.17 Å². The van der Waals surface area contributed by atoms with Gasteiger partial charge in [-0.25, -0.2) is 5.32 Å². The smallest absolute Gasteiger partial charge is 0.262 e. The molecular formula is C5H5N2O2. The van der Waals surface area contributed by atoms with Gasteiger partial charge in [-0.1, -0.05) is 6.08 Å². The highest BCUT2D eigenvalue weighted by atomic mass is 16.6. The summed E-state index contributed by atoms with van der Waals surface area (Å²) in [5.41, 5.74) is 0. The molecule has 0 saturated carbocycles. The summed E-state index contributed by atoms with van der Waals surface area (Å²) in [5, 5.41) is 13.5. The average molecular weight is 125 g/mol. The van der Waals surface area contributed by atoms with Crippen LogP contribution in [-0.4, -0.2) is 11.1 Å². The van der Waals surface area contributed by atoms with Crippen molar-refractivity contribution in [1.82, 2.24) is 5.32 Å². The van der Waals surface area contributed by atoms with Gasteiger partial charge in [0.25, 0.3) is 0 Å². The molecule has 47 valence electrons. The van der Waals surface area contributed by atoms with Crippen molar-refractivity contribution in [2.24, 2.45) is 0 Å². The second-order valence-electron chi connectivity index (χ2n) is 1.57. The Hall–Kier alpha value is -1.32. The zero-order valence-electron chi connectivity index (χ0n) is 4.60. The molecule has 1 unspecified atom stereocenters. The second kappa shape index (κ2) is 2.30. The molecule has 1 heterocycles. The maximum Gasteiger partial charge on any atom is 0.323 e. The number of nitro groups is 1. The van der Waals surface area contributed by atoms with E-state index in [9.17, 15) is 10.1 Å². The Balaban J connectivity index is 2.56. The normalized spacial score (nSPS) is 23.3. The predicted molar refractivity (Wildman–Crippen MR) is 31.2 cm³/mol. The molecule has 0 aliphatic carbocycles. The van der Waals surface area contributed by atoms with E-state index in [2.05, 4.69) is 5.32 Å². The van der Waals surface area contributed by atoms with E-state index in [0.717, 1.165) is 0 Å². The first-order valence-electron chi connectivity index (χ1n) is 2.47. The molecule has 1 aliphatic rings. The fourth-order valence-electron chi connectivity index (χ4n) is 0.525. The number of allylic oxidation sites excluding steroid dienone is 2. The van der Waals surface area contributed by atoms with Gasteiger partial charge in [0.15, 0.2) is 0 Å². The standard InChI is InChI=1S/C5H5N2O2/c8-7(9)5-3-1-2-4-6-5/h1-5H. The van der Waals surface area contributed by atoms with Crippen LogP contribution in [0.1, 0.15) is 0 Å². The zero-order chi connectivity index (χ0) is 6.69. The quantitative estimate of drug-likeness (QED) is 0.373. The van der Waals surface area contributed by atoms with Gasteiger partial charge in [-0.05, 0) is 6.08 Å². The zero-order valence-corrected chi connectivity index (χ0v) is 4.60. The Bertz CT molecular complexity index is 174. The molecule has 1 atom stereocenters. The van der Waals surface area contributed by atoms with E-state index >= 15 is 0 Å². The van der Waals surface area contributed by atoms with Crippen molar-refractivity contribution in [1.29, 1.82) is 0 Å². The van der Waals surface area contributed by atoms with Gasteiger partial charge in [0, 0.05) is 12.3 Å². The molecule has 4 nitrogen and oxygen atoms in total. The van der Waals surface area contributed by atoms with Crippen LogP contribution < -0.4 is 5.32 Å². The molecule has 9 heavy (non-hydrogen) atoms. The Kier molecular flexibility index (Phi) is 1.48. The molecule has 1 rings (SSSR count). The number of hydrogen-bond acceptors (Lipinski definition) is 2. The number of hydrogen-bond donors (Lipinski definition) is 0. The topological polar surface area (TPSA) is 57.2 Å². The third kappa shape index (κ3) is 1.28. The van der Waals surface area contributed by atoms with Crippen molar-refractivity contribution < 1.29 is 4.92 Å². The molecule has 0 spiro atoms. The van der Waals surface area contributed by atoms with E-state index in [4.69, 9.17) is 0 Å². The molecule has 0 bridgehead atoms. The van der Waals surface area contributed by atoms with Crippen LogP contribution in [0.4, 0.5) is 0 Å². The van der Waals surface area contributed by atoms with Crippen molar-refractivity contribution in [3.8, 4) is 0 Å². The van der Waals surface area contributed by atoms with Gasteiger partial charge < -0.3 is 0 Å². The van der Waals surface area contributed by atoms with E-state index in [1.54, 1.807) is 12.2 Å². The fourth-order valence-corrected chi connectivity index (χ4v) is 0.525.